The van der Waals surface area contributed by atoms with E-state index in [0.29, 0.717) is 16.7 Å². The van der Waals surface area contributed by atoms with Gasteiger partial charge in [-0.2, -0.15) is 0 Å². The number of esters is 2. The highest BCUT2D eigenvalue weighted by atomic mass is 16.7. The number of phenolic OH excluding ortho intramolecular Hbond substituents is 2. The summed E-state index contributed by atoms with van der Waals surface area (Å²) in [5.41, 5.74) is 1.42. The molecule has 0 spiro atoms. The molecule has 0 radical (unpaired) electrons. The molecule has 1 aliphatic rings. The SMILES string of the molecule is COc1cc(C=CC(=O)OC[C@H]2O[C@@H](Oc3c(OC)cc(CO)cc3OC)[C@H](O)[C@@H](O)[C@@H]2OC(=O)C=Cc2ccc(O)c(OC)c2)ccc1O. The molecule has 0 unspecified atom stereocenters. The summed E-state index contributed by atoms with van der Waals surface area (Å²) in [6.45, 7) is -0.904. The van der Waals surface area contributed by atoms with Gasteiger partial charge in [0, 0.05) is 12.2 Å². The molecule has 5 atom stereocenters. The van der Waals surface area contributed by atoms with Crippen LogP contribution in [0.4, 0.5) is 0 Å². The zero-order valence-corrected chi connectivity index (χ0v) is 27.5. The Hall–Kier alpha value is -5.48. The second kappa shape index (κ2) is 17.3. The summed E-state index contributed by atoms with van der Waals surface area (Å²) in [6, 6.07) is 11.7. The van der Waals surface area contributed by atoms with Crippen LogP contribution in [0.15, 0.2) is 60.7 Å². The summed E-state index contributed by atoms with van der Waals surface area (Å²) in [5.74, 6) is -1.42. The van der Waals surface area contributed by atoms with Gasteiger partial charge in [-0.15, -0.1) is 0 Å². The number of carbonyl (C=O) groups excluding carboxylic acids is 2. The van der Waals surface area contributed by atoms with E-state index in [9.17, 15) is 35.1 Å². The minimum atomic E-state index is -1.81. The number of phenols is 2. The second-order valence-corrected chi connectivity index (χ2v) is 10.7. The third-order valence-corrected chi connectivity index (χ3v) is 7.45. The maximum absolute atomic E-state index is 12.9. The van der Waals surface area contributed by atoms with Crippen molar-refractivity contribution in [3.63, 3.8) is 0 Å². The summed E-state index contributed by atoms with van der Waals surface area (Å²) < 4.78 is 43.6. The van der Waals surface area contributed by atoms with E-state index >= 15 is 0 Å². The first-order chi connectivity index (χ1) is 24.0. The van der Waals surface area contributed by atoms with Crippen molar-refractivity contribution in [1.29, 1.82) is 0 Å². The number of ether oxygens (including phenoxy) is 8. The van der Waals surface area contributed by atoms with Crippen molar-refractivity contribution in [3.8, 4) is 40.2 Å². The molecule has 3 aromatic rings. The van der Waals surface area contributed by atoms with Crippen molar-refractivity contribution < 1.29 is 73.0 Å². The van der Waals surface area contributed by atoms with Gasteiger partial charge in [0.15, 0.2) is 40.6 Å². The molecule has 268 valence electrons. The summed E-state index contributed by atoms with van der Waals surface area (Å²) in [4.78, 5) is 25.6. The molecule has 0 saturated carbocycles. The Morgan fingerprint density at radius 3 is 1.76 bits per heavy atom. The fourth-order valence-corrected chi connectivity index (χ4v) is 4.85. The predicted octanol–water partition coefficient (Wildman–Crippen LogP) is 2.33. The smallest absolute Gasteiger partial charge is 0.331 e. The first kappa shape index (κ1) is 37.3. The molecule has 0 aromatic heterocycles. The molecule has 0 bridgehead atoms. The van der Waals surface area contributed by atoms with Gasteiger partial charge >= 0.3 is 11.9 Å². The molecule has 5 N–H and O–H groups in total. The molecular formula is C35H38O15. The van der Waals surface area contributed by atoms with Gasteiger partial charge in [-0.25, -0.2) is 9.59 Å². The number of methoxy groups -OCH3 is 4. The fourth-order valence-electron chi connectivity index (χ4n) is 4.85. The van der Waals surface area contributed by atoms with E-state index in [4.69, 9.17) is 37.9 Å². The second-order valence-electron chi connectivity index (χ2n) is 10.7. The molecule has 0 aliphatic carbocycles. The van der Waals surface area contributed by atoms with Crippen LogP contribution in [0.1, 0.15) is 16.7 Å². The van der Waals surface area contributed by atoms with Gasteiger partial charge in [-0.1, -0.05) is 12.1 Å². The monoisotopic (exact) mass is 698 g/mol. The van der Waals surface area contributed by atoms with E-state index in [2.05, 4.69) is 0 Å². The first-order valence-electron chi connectivity index (χ1n) is 15.0. The Balaban J connectivity index is 1.56. The van der Waals surface area contributed by atoms with E-state index in [-0.39, 0.29) is 46.9 Å². The number of hydrogen-bond acceptors (Lipinski definition) is 15. The maximum atomic E-state index is 12.9. The summed E-state index contributed by atoms with van der Waals surface area (Å²) in [6.07, 6.45) is -3.24. The van der Waals surface area contributed by atoms with Crippen molar-refractivity contribution >= 4 is 24.1 Å². The molecular weight excluding hydrogens is 660 g/mol. The zero-order valence-electron chi connectivity index (χ0n) is 27.5. The van der Waals surface area contributed by atoms with Crippen LogP contribution in [-0.2, 0) is 30.4 Å². The highest BCUT2D eigenvalue weighted by Crippen LogP contribution is 2.41. The number of aliphatic hydroxyl groups is 3. The van der Waals surface area contributed by atoms with Gasteiger partial charge < -0.3 is 63.4 Å². The fraction of sp³-hybridized carbons (Fsp3) is 0.314. The van der Waals surface area contributed by atoms with Crippen molar-refractivity contribution in [2.75, 3.05) is 35.0 Å². The molecule has 50 heavy (non-hydrogen) atoms. The van der Waals surface area contributed by atoms with Crippen LogP contribution in [0.25, 0.3) is 12.2 Å². The van der Waals surface area contributed by atoms with Gasteiger partial charge in [0.25, 0.3) is 0 Å². The Kier molecular flexibility index (Phi) is 12.9. The van der Waals surface area contributed by atoms with Crippen LogP contribution >= 0.6 is 0 Å². The number of carbonyl (C=O) groups is 2. The van der Waals surface area contributed by atoms with E-state index < -0.39 is 49.3 Å². The van der Waals surface area contributed by atoms with Crippen molar-refractivity contribution in [1.82, 2.24) is 0 Å². The third kappa shape index (κ3) is 9.15. The molecule has 1 saturated heterocycles. The lowest BCUT2D eigenvalue weighted by atomic mass is 9.99. The van der Waals surface area contributed by atoms with Gasteiger partial charge in [0.1, 0.15) is 24.9 Å². The summed E-state index contributed by atoms with van der Waals surface area (Å²) in [5, 5.41) is 51.5. The van der Waals surface area contributed by atoms with Crippen LogP contribution in [0.5, 0.6) is 40.2 Å². The average molecular weight is 699 g/mol. The summed E-state index contributed by atoms with van der Waals surface area (Å²) in [7, 11) is 5.43. The lowest BCUT2D eigenvalue weighted by molar-refractivity contribution is -0.281. The Morgan fingerprint density at radius 2 is 1.26 bits per heavy atom. The highest BCUT2D eigenvalue weighted by Gasteiger charge is 2.48. The van der Waals surface area contributed by atoms with Crippen LogP contribution in [0.3, 0.4) is 0 Å². The molecule has 1 fully saturated rings. The normalized spacial score (nSPS) is 20.3. The van der Waals surface area contributed by atoms with Gasteiger partial charge in [0.2, 0.25) is 12.0 Å². The average Bonchev–Trinajstić information content (AvgIpc) is 3.13. The Bertz CT molecular complexity index is 1680. The van der Waals surface area contributed by atoms with E-state index in [1.165, 1.54) is 83.1 Å². The zero-order chi connectivity index (χ0) is 36.4. The van der Waals surface area contributed by atoms with E-state index in [1.54, 1.807) is 6.07 Å². The number of aromatic hydroxyl groups is 2. The lowest BCUT2D eigenvalue weighted by Crippen LogP contribution is -2.61. The molecule has 0 amide bonds. The number of rotatable bonds is 14. The van der Waals surface area contributed by atoms with Gasteiger partial charge in [-0.3, -0.25) is 0 Å². The number of aliphatic hydroxyl groups excluding tert-OH is 3. The van der Waals surface area contributed by atoms with Crippen LogP contribution < -0.4 is 23.7 Å². The van der Waals surface area contributed by atoms with Crippen LogP contribution in [0.2, 0.25) is 0 Å². The molecule has 15 nitrogen and oxygen atoms in total. The van der Waals surface area contributed by atoms with E-state index in [1.807, 2.05) is 0 Å². The standard InChI is InChI=1S/C35H38O15/c1-43-24-13-19(5-9-22(24)37)7-11-29(39)47-18-28-34(49-30(40)12-8-20-6-10-23(38)25(14-20)44-2)31(41)32(42)35(48-28)50-33-26(45-3)15-21(17-36)16-27(33)46-4/h5-16,28,31-32,34-38,41-42H,17-18H2,1-4H3/t28-,31-,32-,34-,35+/m1/s1. The van der Waals surface area contributed by atoms with Crippen molar-refractivity contribution in [2.45, 2.75) is 37.3 Å². The number of benzene rings is 3. The largest absolute Gasteiger partial charge is 0.504 e. The minimum Gasteiger partial charge on any atom is -0.504 e. The van der Waals surface area contributed by atoms with Crippen LogP contribution in [-0.4, -0.2) is 103 Å². The molecule has 15 heteroatoms. The predicted molar refractivity (Wildman–Crippen MR) is 175 cm³/mol. The van der Waals surface area contributed by atoms with Crippen molar-refractivity contribution in [3.05, 3.63) is 77.4 Å². The van der Waals surface area contributed by atoms with Gasteiger partial charge in [-0.05, 0) is 65.2 Å². The van der Waals surface area contributed by atoms with E-state index in [0.717, 1.165) is 12.2 Å². The van der Waals surface area contributed by atoms with Crippen LogP contribution in [0, 0.1) is 0 Å². The molecule has 3 aromatic carbocycles. The molecule has 4 rings (SSSR count). The Labute approximate surface area is 287 Å². The Morgan fingerprint density at radius 1 is 0.740 bits per heavy atom. The number of hydrogen-bond donors (Lipinski definition) is 5. The third-order valence-electron chi connectivity index (χ3n) is 7.45. The lowest BCUT2D eigenvalue weighted by Gasteiger charge is -2.41. The maximum Gasteiger partial charge on any atom is 0.331 e. The highest BCUT2D eigenvalue weighted by molar-refractivity contribution is 5.88. The first-order valence-corrected chi connectivity index (χ1v) is 15.0. The minimum absolute atomic E-state index is 0.0332. The topological polar surface area (TPSA) is 209 Å². The summed E-state index contributed by atoms with van der Waals surface area (Å²) >= 11 is 0. The van der Waals surface area contributed by atoms with Crippen molar-refractivity contribution in [2.24, 2.45) is 0 Å². The molecule has 1 aliphatic heterocycles. The quantitative estimate of drug-likeness (QED) is 0.121. The molecule has 1 heterocycles. The van der Waals surface area contributed by atoms with Gasteiger partial charge in [0.05, 0.1) is 35.0 Å².